The molecule has 0 saturated carbocycles. The van der Waals surface area contributed by atoms with Crippen LogP contribution >= 0.6 is 0 Å². The van der Waals surface area contributed by atoms with Gasteiger partial charge < -0.3 is 19.8 Å². The molecule has 4 nitrogen and oxygen atoms in total. The number of hydrogen-bond acceptors (Lipinski definition) is 4. The van der Waals surface area contributed by atoms with Gasteiger partial charge in [-0.25, -0.2) is 0 Å². The van der Waals surface area contributed by atoms with Crippen LogP contribution in [0.15, 0.2) is 48.5 Å². The minimum Gasteiger partial charge on any atom is -0.506 e. The van der Waals surface area contributed by atoms with E-state index in [9.17, 15) is 5.11 Å². The van der Waals surface area contributed by atoms with Crippen LogP contribution in [0, 0.1) is 0 Å². The van der Waals surface area contributed by atoms with Crippen LogP contribution in [-0.2, 0) is 0 Å². The van der Waals surface area contributed by atoms with E-state index in [2.05, 4.69) is 51.1 Å². The number of phenolic OH excluding ortho intramolecular Hbond substituents is 1. The predicted molar refractivity (Wildman–Crippen MR) is 100 cm³/mol. The van der Waals surface area contributed by atoms with Gasteiger partial charge in [0.05, 0.1) is 5.69 Å². The molecule has 0 amide bonds. The Morgan fingerprint density at radius 2 is 1.25 bits per heavy atom. The summed E-state index contributed by atoms with van der Waals surface area (Å²) in [7, 11) is 0. The van der Waals surface area contributed by atoms with E-state index in [4.69, 9.17) is 0 Å². The van der Waals surface area contributed by atoms with Crippen LogP contribution in [0.2, 0.25) is 0 Å². The molecule has 0 aliphatic carbocycles. The Morgan fingerprint density at radius 3 is 1.96 bits per heavy atom. The molecule has 2 saturated heterocycles. The summed E-state index contributed by atoms with van der Waals surface area (Å²) in [5.41, 5.74) is 3.50. The molecular formula is C20H25N3O. The van der Waals surface area contributed by atoms with Crippen LogP contribution in [-0.4, -0.2) is 44.4 Å². The summed E-state index contributed by atoms with van der Waals surface area (Å²) in [6.45, 7) is 6.10. The Kier molecular flexibility index (Phi) is 4.20. The molecule has 24 heavy (non-hydrogen) atoms. The number of hydrogen-bond donors (Lipinski definition) is 1. The minimum atomic E-state index is 0.395. The molecule has 0 bridgehead atoms. The predicted octanol–water partition coefficient (Wildman–Crippen LogP) is 3.32. The summed E-state index contributed by atoms with van der Waals surface area (Å²) < 4.78 is 0. The molecule has 0 radical (unpaired) electrons. The Labute approximate surface area is 143 Å². The van der Waals surface area contributed by atoms with E-state index in [0.29, 0.717) is 5.75 Å². The molecule has 2 aromatic rings. The second-order valence-electron chi connectivity index (χ2n) is 6.68. The van der Waals surface area contributed by atoms with Gasteiger partial charge >= 0.3 is 0 Å². The highest BCUT2D eigenvalue weighted by molar-refractivity contribution is 5.67. The zero-order valence-corrected chi connectivity index (χ0v) is 14.1. The van der Waals surface area contributed by atoms with E-state index in [1.54, 1.807) is 0 Å². The van der Waals surface area contributed by atoms with Crippen molar-refractivity contribution in [2.75, 3.05) is 54.0 Å². The molecule has 2 aromatic carbocycles. The molecule has 0 unspecified atom stereocenters. The Bertz CT molecular complexity index is 675. The van der Waals surface area contributed by atoms with Crippen molar-refractivity contribution in [3.8, 4) is 5.75 Å². The topological polar surface area (TPSA) is 30.0 Å². The molecule has 4 heteroatoms. The van der Waals surface area contributed by atoms with Crippen molar-refractivity contribution in [1.82, 2.24) is 0 Å². The van der Waals surface area contributed by atoms with Crippen molar-refractivity contribution >= 4 is 17.1 Å². The first kappa shape index (κ1) is 15.2. The van der Waals surface area contributed by atoms with E-state index in [-0.39, 0.29) is 0 Å². The summed E-state index contributed by atoms with van der Waals surface area (Å²) in [6, 6.07) is 16.6. The highest BCUT2D eigenvalue weighted by Crippen LogP contribution is 2.34. The normalized spacial score (nSPS) is 18.2. The number of para-hydroxylation sites is 1. The maximum Gasteiger partial charge on any atom is 0.139 e. The average Bonchev–Trinajstić information content (AvgIpc) is 3.18. The summed E-state index contributed by atoms with van der Waals surface area (Å²) in [6.07, 6.45) is 2.54. The number of phenols is 1. The number of aromatic hydroxyl groups is 1. The fraction of sp³-hybridized carbons (Fsp3) is 0.400. The van der Waals surface area contributed by atoms with E-state index in [1.807, 2.05) is 12.1 Å². The summed E-state index contributed by atoms with van der Waals surface area (Å²) in [4.78, 5) is 7.15. The molecule has 2 aliphatic rings. The zero-order valence-electron chi connectivity index (χ0n) is 14.1. The molecule has 2 fully saturated rings. The summed E-state index contributed by atoms with van der Waals surface area (Å²) in [5.74, 6) is 0.395. The van der Waals surface area contributed by atoms with Crippen LogP contribution < -0.4 is 14.7 Å². The van der Waals surface area contributed by atoms with Gasteiger partial charge in [-0.3, -0.25) is 0 Å². The van der Waals surface area contributed by atoms with Crippen LogP contribution in [0.4, 0.5) is 17.1 Å². The molecular weight excluding hydrogens is 298 g/mol. The first-order chi connectivity index (χ1) is 11.8. The molecule has 4 rings (SSSR count). The molecule has 0 atom stereocenters. The van der Waals surface area contributed by atoms with E-state index >= 15 is 0 Å². The zero-order chi connectivity index (χ0) is 16.4. The van der Waals surface area contributed by atoms with E-state index < -0.39 is 0 Å². The molecule has 2 aliphatic heterocycles. The number of nitrogens with zero attached hydrogens (tertiary/aromatic N) is 3. The van der Waals surface area contributed by atoms with Crippen molar-refractivity contribution in [3.05, 3.63) is 48.5 Å². The van der Waals surface area contributed by atoms with Crippen molar-refractivity contribution < 1.29 is 5.11 Å². The van der Waals surface area contributed by atoms with Crippen LogP contribution in [0.5, 0.6) is 5.75 Å². The second-order valence-corrected chi connectivity index (χ2v) is 6.68. The summed E-state index contributed by atoms with van der Waals surface area (Å²) in [5, 5.41) is 10.3. The number of rotatable bonds is 3. The van der Waals surface area contributed by atoms with Crippen LogP contribution in [0.25, 0.3) is 0 Å². The molecule has 0 aromatic heterocycles. The van der Waals surface area contributed by atoms with Crippen molar-refractivity contribution in [1.29, 1.82) is 0 Å². The van der Waals surface area contributed by atoms with Gasteiger partial charge in [0.2, 0.25) is 0 Å². The molecule has 2 heterocycles. The largest absolute Gasteiger partial charge is 0.506 e. The monoisotopic (exact) mass is 323 g/mol. The Balaban J connectivity index is 1.48. The lowest BCUT2D eigenvalue weighted by Crippen LogP contribution is -2.46. The number of anilines is 3. The van der Waals surface area contributed by atoms with Crippen LogP contribution in [0.3, 0.4) is 0 Å². The highest BCUT2D eigenvalue weighted by Gasteiger charge is 2.21. The lowest BCUT2D eigenvalue weighted by atomic mass is 10.2. The van der Waals surface area contributed by atoms with Crippen LogP contribution in [0.1, 0.15) is 12.8 Å². The van der Waals surface area contributed by atoms with Gasteiger partial charge in [0, 0.05) is 50.6 Å². The quantitative estimate of drug-likeness (QED) is 0.938. The molecule has 0 spiro atoms. The smallest absolute Gasteiger partial charge is 0.139 e. The van der Waals surface area contributed by atoms with Gasteiger partial charge in [0.1, 0.15) is 5.75 Å². The van der Waals surface area contributed by atoms with Gasteiger partial charge in [-0.1, -0.05) is 18.2 Å². The van der Waals surface area contributed by atoms with Gasteiger partial charge in [0.25, 0.3) is 0 Å². The van der Waals surface area contributed by atoms with Crippen molar-refractivity contribution in [2.45, 2.75) is 12.8 Å². The first-order valence-corrected chi connectivity index (χ1v) is 8.94. The van der Waals surface area contributed by atoms with Gasteiger partial charge in [-0.05, 0) is 43.2 Å². The summed E-state index contributed by atoms with van der Waals surface area (Å²) >= 11 is 0. The third kappa shape index (κ3) is 3.01. The molecule has 126 valence electrons. The third-order valence-corrected chi connectivity index (χ3v) is 5.17. The van der Waals surface area contributed by atoms with Gasteiger partial charge in [0.15, 0.2) is 0 Å². The van der Waals surface area contributed by atoms with Gasteiger partial charge in [-0.15, -0.1) is 0 Å². The first-order valence-electron chi connectivity index (χ1n) is 8.94. The Morgan fingerprint density at radius 1 is 0.625 bits per heavy atom. The average molecular weight is 323 g/mol. The number of benzene rings is 2. The highest BCUT2D eigenvalue weighted by atomic mass is 16.3. The SMILES string of the molecule is Oc1ccc(N2CCCC2)cc1N1CCN(c2ccccc2)CC1. The Hall–Kier alpha value is -2.36. The third-order valence-electron chi connectivity index (χ3n) is 5.17. The lowest BCUT2D eigenvalue weighted by molar-refractivity contribution is 0.472. The standard InChI is InChI=1S/C20H25N3O/c24-20-9-8-18(21-10-4-5-11-21)16-19(20)23-14-12-22(13-15-23)17-6-2-1-3-7-17/h1-3,6-9,16,24H,4-5,10-15H2. The maximum atomic E-state index is 10.3. The second kappa shape index (κ2) is 6.63. The molecule has 1 N–H and O–H groups in total. The maximum absolute atomic E-state index is 10.3. The lowest BCUT2D eigenvalue weighted by Gasteiger charge is -2.38. The van der Waals surface area contributed by atoms with Crippen molar-refractivity contribution in [3.63, 3.8) is 0 Å². The fourth-order valence-electron chi connectivity index (χ4n) is 3.78. The van der Waals surface area contributed by atoms with E-state index in [1.165, 1.54) is 24.2 Å². The van der Waals surface area contributed by atoms with Gasteiger partial charge in [-0.2, -0.15) is 0 Å². The fourth-order valence-corrected chi connectivity index (χ4v) is 3.78. The minimum absolute atomic E-state index is 0.395. The van der Waals surface area contributed by atoms with E-state index in [0.717, 1.165) is 45.0 Å². The number of piperazine rings is 1. The van der Waals surface area contributed by atoms with Crippen molar-refractivity contribution in [2.24, 2.45) is 0 Å².